The Morgan fingerprint density at radius 1 is 0.292 bits per heavy atom. The standard InChI is InChI=1S/C41H40N20O4/c42-33-50-29(51-34(43)58-33)21-5-1-9-25(13-21)62-17-41(18-63-26-10-2-6-22(14-26)30-52-35(44)59-36(45)53-30,19-64-27-11-3-7-23(15-27)31-54-37(46)60-38(47)55-31)20-65-28-12-4-8-24(16-28)32-56-39(48)61-40(49)57-32/h1-16H,17-20H2,(H4,42,43,50,51,58)(H4,44,45,52,53,59)(H4,46,47,54,55,60)(H4,48,49,56,57,61). The van der Waals surface area contributed by atoms with E-state index in [1.165, 1.54) is 0 Å². The van der Waals surface area contributed by atoms with Crippen LogP contribution in [0.5, 0.6) is 23.0 Å². The van der Waals surface area contributed by atoms with Crippen molar-refractivity contribution in [3.05, 3.63) is 97.1 Å². The first-order chi connectivity index (χ1) is 31.3. The number of hydrogen-bond acceptors (Lipinski definition) is 24. The van der Waals surface area contributed by atoms with E-state index >= 15 is 0 Å². The fourth-order valence-corrected chi connectivity index (χ4v) is 6.25. The molecule has 4 heterocycles. The van der Waals surface area contributed by atoms with E-state index < -0.39 is 5.41 Å². The third kappa shape index (κ3) is 10.7. The maximum Gasteiger partial charge on any atom is 0.225 e. The number of nitrogens with zero attached hydrogens (tertiary/aromatic N) is 12. The fraction of sp³-hybridized carbons (Fsp3) is 0.122. The van der Waals surface area contributed by atoms with E-state index in [0.717, 1.165) is 0 Å². The van der Waals surface area contributed by atoms with Crippen LogP contribution < -0.4 is 64.8 Å². The summed E-state index contributed by atoms with van der Waals surface area (Å²) in [5, 5.41) is 0. The molecule has 328 valence electrons. The second-order valence-corrected chi connectivity index (χ2v) is 14.3. The van der Waals surface area contributed by atoms with Gasteiger partial charge in [0.15, 0.2) is 23.3 Å². The molecule has 0 aliphatic carbocycles. The second kappa shape index (κ2) is 18.2. The Morgan fingerprint density at radius 3 is 0.692 bits per heavy atom. The molecular weight excluding hydrogens is 837 g/mol. The average molecular weight is 877 g/mol. The van der Waals surface area contributed by atoms with Crippen molar-refractivity contribution < 1.29 is 18.9 Å². The van der Waals surface area contributed by atoms with Gasteiger partial charge in [-0.3, -0.25) is 0 Å². The maximum atomic E-state index is 6.58. The molecule has 0 atom stereocenters. The summed E-state index contributed by atoms with van der Waals surface area (Å²) in [6.07, 6.45) is 0. The largest absolute Gasteiger partial charge is 0.493 e. The minimum atomic E-state index is -1.12. The SMILES string of the molecule is Nc1nc(N)nc(-c2cccc(OCC(COc3cccc(-c4nc(N)nc(N)n4)c3)(COc3cccc(-c4nc(N)nc(N)n4)c3)COc3cccc(-c4nc(N)nc(N)n4)c3)c2)n1. The van der Waals surface area contributed by atoms with Gasteiger partial charge >= 0.3 is 0 Å². The van der Waals surface area contributed by atoms with Crippen molar-refractivity contribution in [2.75, 3.05) is 72.3 Å². The summed E-state index contributed by atoms with van der Waals surface area (Å²) < 4.78 is 26.3. The molecule has 24 nitrogen and oxygen atoms in total. The molecule has 0 aliphatic rings. The molecule has 24 heteroatoms. The maximum absolute atomic E-state index is 6.58. The molecule has 0 saturated heterocycles. The summed E-state index contributed by atoms with van der Waals surface area (Å²) in [5.41, 5.74) is 48.2. The van der Waals surface area contributed by atoms with Crippen LogP contribution in [0.15, 0.2) is 97.1 Å². The van der Waals surface area contributed by atoms with E-state index in [2.05, 4.69) is 59.8 Å². The van der Waals surface area contributed by atoms with Gasteiger partial charge in [-0.15, -0.1) is 0 Å². The number of hydrogen-bond donors (Lipinski definition) is 8. The highest BCUT2D eigenvalue weighted by Gasteiger charge is 2.36. The quantitative estimate of drug-likeness (QED) is 0.0690. The van der Waals surface area contributed by atoms with Gasteiger partial charge in [-0.1, -0.05) is 48.5 Å². The highest BCUT2D eigenvalue weighted by Crippen LogP contribution is 2.31. The molecular formula is C41H40N20O4. The zero-order valence-corrected chi connectivity index (χ0v) is 34.2. The first kappa shape index (κ1) is 42.2. The minimum absolute atomic E-state index is 0.0335. The summed E-state index contributed by atoms with van der Waals surface area (Å²) in [6, 6.07) is 28.3. The molecule has 4 aromatic heterocycles. The smallest absolute Gasteiger partial charge is 0.225 e. The molecule has 0 unspecified atom stereocenters. The number of nitrogen functional groups attached to an aromatic ring is 8. The van der Waals surface area contributed by atoms with Crippen LogP contribution in [0.1, 0.15) is 0 Å². The number of ether oxygens (including phenoxy) is 4. The van der Waals surface area contributed by atoms with Gasteiger partial charge in [-0.2, -0.15) is 59.8 Å². The van der Waals surface area contributed by atoms with Crippen LogP contribution in [-0.4, -0.2) is 86.2 Å². The Balaban J connectivity index is 1.16. The molecule has 0 radical (unpaired) electrons. The van der Waals surface area contributed by atoms with Crippen LogP contribution in [-0.2, 0) is 0 Å². The minimum Gasteiger partial charge on any atom is -0.493 e. The number of anilines is 8. The van der Waals surface area contributed by atoms with Crippen molar-refractivity contribution in [1.29, 1.82) is 0 Å². The molecule has 16 N–H and O–H groups in total. The van der Waals surface area contributed by atoms with Crippen LogP contribution >= 0.6 is 0 Å². The average Bonchev–Trinajstić information content (AvgIpc) is 3.28. The van der Waals surface area contributed by atoms with Crippen molar-refractivity contribution in [3.8, 4) is 68.5 Å². The van der Waals surface area contributed by atoms with Gasteiger partial charge in [0.2, 0.25) is 47.6 Å². The first-order valence-electron chi connectivity index (χ1n) is 19.3. The monoisotopic (exact) mass is 876 g/mol. The van der Waals surface area contributed by atoms with Gasteiger partial charge in [0.05, 0.1) is 0 Å². The van der Waals surface area contributed by atoms with E-state index in [1.807, 2.05) is 0 Å². The molecule has 0 fully saturated rings. The Bertz CT molecular complexity index is 2510. The van der Waals surface area contributed by atoms with Crippen molar-refractivity contribution >= 4 is 47.6 Å². The lowest BCUT2D eigenvalue weighted by molar-refractivity contribution is -0.00347. The number of nitrogens with two attached hydrogens (primary N) is 8. The molecule has 8 rings (SSSR count). The highest BCUT2D eigenvalue weighted by molar-refractivity contribution is 5.62. The zero-order valence-electron chi connectivity index (χ0n) is 34.2. The van der Waals surface area contributed by atoms with E-state index in [1.54, 1.807) is 97.1 Å². The van der Waals surface area contributed by atoms with Crippen molar-refractivity contribution in [3.63, 3.8) is 0 Å². The van der Waals surface area contributed by atoms with Crippen LogP contribution in [0.2, 0.25) is 0 Å². The summed E-state index contributed by atoms with van der Waals surface area (Å²) in [4.78, 5) is 49.4. The van der Waals surface area contributed by atoms with Gasteiger partial charge in [-0.05, 0) is 48.5 Å². The van der Waals surface area contributed by atoms with E-state index in [9.17, 15) is 0 Å². The lowest BCUT2D eigenvalue weighted by atomic mass is 9.92. The number of benzene rings is 4. The van der Waals surface area contributed by atoms with Crippen LogP contribution in [0.25, 0.3) is 45.6 Å². The summed E-state index contributed by atoms with van der Waals surface area (Å²) >= 11 is 0. The predicted octanol–water partition coefficient (Wildman–Crippen LogP) is 2.35. The van der Waals surface area contributed by atoms with E-state index in [0.29, 0.717) is 45.3 Å². The molecule has 8 aromatic rings. The van der Waals surface area contributed by atoms with Gasteiger partial charge in [-0.25, -0.2) is 0 Å². The van der Waals surface area contributed by atoms with Crippen LogP contribution in [0.3, 0.4) is 0 Å². The van der Waals surface area contributed by atoms with Gasteiger partial charge in [0.1, 0.15) is 54.8 Å². The molecule has 0 aliphatic heterocycles. The molecule has 4 aromatic carbocycles. The summed E-state index contributed by atoms with van der Waals surface area (Å²) in [6.45, 7) is -0.172. The van der Waals surface area contributed by atoms with Gasteiger partial charge < -0.3 is 64.8 Å². The predicted molar refractivity (Wildman–Crippen MR) is 241 cm³/mol. The van der Waals surface area contributed by atoms with Crippen molar-refractivity contribution in [2.45, 2.75) is 0 Å². The normalized spacial score (nSPS) is 11.2. The van der Waals surface area contributed by atoms with Gasteiger partial charge in [0, 0.05) is 22.3 Å². The Hall–Kier alpha value is -9.48. The number of aromatic nitrogens is 12. The molecule has 0 spiro atoms. The first-order valence-corrected chi connectivity index (χ1v) is 19.3. The highest BCUT2D eigenvalue weighted by atomic mass is 16.5. The van der Waals surface area contributed by atoms with E-state index in [-0.39, 0.29) is 97.3 Å². The molecule has 0 saturated carbocycles. The zero-order chi connectivity index (χ0) is 45.5. The van der Waals surface area contributed by atoms with E-state index in [4.69, 9.17) is 64.8 Å². The Kier molecular flexibility index (Phi) is 11.9. The Labute approximate surface area is 368 Å². The summed E-state index contributed by atoms with van der Waals surface area (Å²) in [5.74, 6) is 2.52. The van der Waals surface area contributed by atoms with Gasteiger partial charge in [0.25, 0.3) is 0 Å². The lowest BCUT2D eigenvalue weighted by Gasteiger charge is -2.33. The number of rotatable bonds is 16. The van der Waals surface area contributed by atoms with Crippen LogP contribution in [0.4, 0.5) is 47.6 Å². The van der Waals surface area contributed by atoms with Crippen molar-refractivity contribution in [1.82, 2.24) is 59.8 Å². The van der Waals surface area contributed by atoms with Crippen LogP contribution in [0, 0.1) is 5.41 Å². The Morgan fingerprint density at radius 2 is 0.492 bits per heavy atom. The summed E-state index contributed by atoms with van der Waals surface area (Å²) in [7, 11) is 0. The fourth-order valence-electron chi connectivity index (χ4n) is 6.25. The second-order valence-electron chi connectivity index (χ2n) is 14.3. The molecule has 65 heavy (non-hydrogen) atoms. The lowest BCUT2D eigenvalue weighted by Crippen LogP contribution is -2.45. The van der Waals surface area contributed by atoms with Crippen molar-refractivity contribution in [2.24, 2.45) is 5.41 Å². The third-order valence-corrected chi connectivity index (χ3v) is 9.23. The third-order valence-electron chi connectivity index (χ3n) is 9.23. The molecule has 0 amide bonds. The topological polar surface area (TPSA) is 400 Å². The molecule has 0 bridgehead atoms.